The first-order valence-electron chi connectivity index (χ1n) is 8.89. The number of nitrogens with one attached hydrogen (secondary N) is 1. The second-order valence-electron chi connectivity index (χ2n) is 6.83. The Labute approximate surface area is 132 Å². The third-order valence-electron chi connectivity index (χ3n) is 4.71. The van der Waals surface area contributed by atoms with Gasteiger partial charge in [0.05, 0.1) is 0 Å². The number of unbranched alkanes of at least 4 members (excludes halogenated alkanes) is 1. The standard InChI is InChI=1S/C20H35N/c1-5-7-15-20(6-2,17-21-18(3)4)16-11-14-19-12-9-8-10-13-19/h8-10,12-13,18,21H,5-7,11,14-17H2,1-4H3. The van der Waals surface area contributed by atoms with E-state index in [1.165, 1.54) is 57.1 Å². The minimum atomic E-state index is 0.495. The lowest BCUT2D eigenvalue weighted by Crippen LogP contribution is -2.37. The third kappa shape index (κ3) is 7.13. The molecule has 0 bridgehead atoms. The van der Waals surface area contributed by atoms with E-state index in [9.17, 15) is 0 Å². The molecule has 0 aliphatic rings. The number of benzene rings is 1. The molecule has 1 unspecified atom stereocenters. The first-order chi connectivity index (χ1) is 10.1. The monoisotopic (exact) mass is 289 g/mol. The van der Waals surface area contributed by atoms with Gasteiger partial charge < -0.3 is 5.32 Å². The second kappa shape index (κ2) is 10.00. The zero-order chi connectivity index (χ0) is 15.6. The third-order valence-corrected chi connectivity index (χ3v) is 4.71. The van der Waals surface area contributed by atoms with Crippen molar-refractivity contribution in [2.24, 2.45) is 5.41 Å². The maximum absolute atomic E-state index is 3.69. The Bertz CT molecular complexity index is 357. The summed E-state index contributed by atoms with van der Waals surface area (Å²) in [5.74, 6) is 0. The fourth-order valence-electron chi connectivity index (χ4n) is 3.06. The van der Waals surface area contributed by atoms with Crippen LogP contribution in [0.5, 0.6) is 0 Å². The van der Waals surface area contributed by atoms with Crippen molar-refractivity contribution in [3.8, 4) is 0 Å². The lowest BCUT2D eigenvalue weighted by Gasteiger charge is -2.34. The molecule has 0 spiro atoms. The Morgan fingerprint density at radius 2 is 1.67 bits per heavy atom. The van der Waals surface area contributed by atoms with Crippen molar-refractivity contribution in [3.63, 3.8) is 0 Å². The van der Waals surface area contributed by atoms with Crippen molar-refractivity contribution in [2.45, 2.75) is 78.7 Å². The van der Waals surface area contributed by atoms with Gasteiger partial charge in [0.25, 0.3) is 0 Å². The molecule has 0 aromatic heterocycles. The van der Waals surface area contributed by atoms with Crippen LogP contribution in [-0.2, 0) is 6.42 Å². The Morgan fingerprint density at radius 1 is 1.00 bits per heavy atom. The van der Waals surface area contributed by atoms with E-state index in [1.54, 1.807) is 0 Å². The van der Waals surface area contributed by atoms with Crippen LogP contribution in [0.2, 0.25) is 0 Å². The fourth-order valence-corrected chi connectivity index (χ4v) is 3.06. The van der Waals surface area contributed by atoms with Gasteiger partial charge in [-0.05, 0) is 43.1 Å². The molecule has 0 saturated heterocycles. The molecule has 0 fully saturated rings. The maximum Gasteiger partial charge on any atom is 0.00106 e. The Morgan fingerprint density at radius 3 is 2.24 bits per heavy atom. The van der Waals surface area contributed by atoms with Crippen molar-refractivity contribution < 1.29 is 0 Å². The molecule has 1 heteroatoms. The average Bonchev–Trinajstić information content (AvgIpc) is 2.51. The van der Waals surface area contributed by atoms with E-state index in [1.807, 2.05) is 0 Å². The van der Waals surface area contributed by atoms with Gasteiger partial charge in [0.1, 0.15) is 0 Å². The Hall–Kier alpha value is -0.820. The minimum absolute atomic E-state index is 0.495. The van der Waals surface area contributed by atoms with E-state index in [4.69, 9.17) is 0 Å². The molecule has 0 aliphatic heterocycles. The first-order valence-corrected chi connectivity index (χ1v) is 8.89. The highest BCUT2D eigenvalue weighted by molar-refractivity contribution is 5.14. The molecule has 0 saturated carbocycles. The van der Waals surface area contributed by atoms with Crippen LogP contribution >= 0.6 is 0 Å². The van der Waals surface area contributed by atoms with Crippen LogP contribution < -0.4 is 5.32 Å². The summed E-state index contributed by atoms with van der Waals surface area (Å²) < 4.78 is 0. The summed E-state index contributed by atoms with van der Waals surface area (Å²) in [5, 5.41) is 3.69. The van der Waals surface area contributed by atoms with Gasteiger partial charge >= 0.3 is 0 Å². The van der Waals surface area contributed by atoms with Crippen LogP contribution in [0.3, 0.4) is 0 Å². The van der Waals surface area contributed by atoms with Crippen LogP contribution in [-0.4, -0.2) is 12.6 Å². The summed E-state index contributed by atoms with van der Waals surface area (Å²) in [7, 11) is 0. The molecular formula is C20H35N. The van der Waals surface area contributed by atoms with Gasteiger partial charge in [-0.1, -0.05) is 70.9 Å². The molecule has 1 N–H and O–H groups in total. The highest BCUT2D eigenvalue weighted by atomic mass is 14.9. The van der Waals surface area contributed by atoms with E-state index < -0.39 is 0 Å². The van der Waals surface area contributed by atoms with Gasteiger partial charge in [0.2, 0.25) is 0 Å². The zero-order valence-electron chi connectivity index (χ0n) is 14.6. The van der Waals surface area contributed by atoms with E-state index in [0.717, 1.165) is 0 Å². The molecular weight excluding hydrogens is 254 g/mol. The predicted molar refractivity (Wildman–Crippen MR) is 94.8 cm³/mol. The van der Waals surface area contributed by atoms with Crippen LogP contribution in [0, 0.1) is 5.41 Å². The summed E-state index contributed by atoms with van der Waals surface area (Å²) in [6, 6.07) is 11.5. The molecule has 1 aromatic carbocycles. The molecule has 1 nitrogen and oxygen atoms in total. The normalized spacial score (nSPS) is 14.3. The number of hydrogen-bond acceptors (Lipinski definition) is 1. The van der Waals surface area contributed by atoms with Gasteiger partial charge in [0.15, 0.2) is 0 Å². The topological polar surface area (TPSA) is 12.0 Å². The van der Waals surface area contributed by atoms with Crippen LogP contribution in [0.15, 0.2) is 30.3 Å². The average molecular weight is 290 g/mol. The van der Waals surface area contributed by atoms with E-state index in [-0.39, 0.29) is 0 Å². The summed E-state index contributed by atoms with van der Waals surface area (Å²) in [4.78, 5) is 0. The molecule has 120 valence electrons. The van der Waals surface area contributed by atoms with Gasteiger partial charge in [-0.15, -0.1) is 0 Å². The summed E-state index contributed by atoms with van der Waals surface area (Å²) in [6.45, 7) is 10.4. The van der Waals surface area contributed by atoms with Crippen molar-refractivity contribution in [1.82, 2.24) is 5.32 Å². The van der Waals surface area contributed by atoms with Gasteiger partial charge in [0, 0.05) is 12.6 Å². The Balaban J connectivity index is 2.53. The number of rotatable bonds is 11. The minimum Gasteiger partial charge on any atom is -0.314 e. The lowest BCUT2D eigenvalue weighted by molar-refractivity contribution is 0.201. The quantitative estimate of drug-likeness (QED) is 0.559. The molecule has 0 aliphatic carbocycles. The largest absolute Gasteiger partial charge is 0.314 e. The van der Waals surface area contributed by atoms with Gasteiger partial charge in [-0.25, -0.2) is 0 Å². The predicted octanol–water partition coefficient (Wildman–Crippen LogP) is 5.59. The van der Waals surface area contributed by atoms with Crippen LogP contribution in [0.1, 0.15) is 71.8 Å². The first kappa shape index (κ1) is 18.2. The number of hydrogen-bond donors (Lipinski definition) is 1. The van der Waals surface area contributed by atoms with Crippen LogP contribution in [0.25, 0.3) is 0 Å². The molecule has 0 radical (unpaired) electrons. The molecule has 0 amide bonds. The zero-order valence-corrected chi connectivity index (χ0v) is 14.6. The smallest absolute Gasteiger partial charge is 0.00106 e. The fraction of sp³-hybridized carbons (Fsp3) is 0.700. The van der Waals surface area contributed by atoms with E-state index in [0.29, 0.717) is 11.5 Å². The molecule has 0 heterocycles. The van der Waals surface area contributed by atoms with Crippen molar-refractivity contribution in [3.05, 3.63) is 35.9 Å². The maximum atomic E-state index is 3.69. The van der Waals surface area contributed by atoms with Crippen LogP contribution in [0.4, 0.5) is 0 Å². The highest BCUT2D eigenvalue weighted by Crippen LogP contribution is 2.34. The molecule has 1 atom stereocenters. The van der Waals surface area contributed by atoms with E-state index >= 15 is 0 Å². The van der Waals surface area contributed by atoms with Crippen molar-refractivity contribution in [2.75, 3.05) is 6.54 Å². The second-order valence-corrected chi connectivity index (χ2v) is 6.83. The molecule has 21 heavy (non-hydrogen) atoms. The number of aryl methyl sites for hydroxylation is 1. The van der Waals surface area contributed by atoms with Gasteiger partial charge in [-0.3, -0.25) is 0 Å². The summed E-state index contributed by atoms with van der Waals surface area (Å²) >= 11 is 0. The highest BCUT2D eigenvalue weighted by Gasteiger charge is 2.26. The SMILES string of the molecule is CCCCC(CC)(CCCc1ccccc1)CNC(C)C. The summed E-state index contributed by atoms with van der Waals surface area (Å²) in [5.41, 5.74) is 1.98. The van der Waals surface area contributed by atoms with Crippen molar-refractivity contribution in [1.29, 1.82) is 0 Å². The Kier molecular flexibility index (Phi) is 8.68. The summed E-state index contributed by atoms with van der Waals surface area (Å²) in [6.07, 6.45) is 9.20. The van der Waals surface area contributed by atoms with Crippen molar-refractivity contribution >= 4 is 0 Å². The lowest BCUT2D eigenvalue weighted by atomic mass is 9.75. The molecule has 1 aromatic rings. The van der Waals surface area contributed by atoms with E-state index in [2.05, 4.69) is 63.3 Å². The van der Waals surface area contributed by atoms with Gasteiger partial charge in [-0.2, -0.15) is 0 Å². The molecule has 1 rings (SSSR count).